The van der Waals surface area contributed by atoms with Gasteiger partial charge >= 0.3 is 0 Å². The van der Waals surface area contributed by atoms with Crippen LogP contribution in [0.1, 0.15) is 19.8 Å². The Morgan fingerprint density at radius 3 is 2.33 bits per heavy atom. The van der Waals surface area contributed by atoms with Gasteiger partial charge in [0.2, 0.25) is 10.0 Å². The molecule has 0 saturated heterocycles. The van der Waals surface area contributed by atoms with E-state index in [1.807, 2.05) is 6.92 Å². The largest absolute Gasteiger partial charge is 0.327 e. The molecule has 0 aliphatic heterocycles. The van der Waals surface area contributed by atoms with Crippen molar-refractivity contribution < 1.29 is 17.2 Å². The number of hydrogen-bond acceptors (Lipinski definition) is 3. The van der Waals surface area contributed by atoms with Crippen LogP contribution in [0, 0.1) is 11.6 Å². The van der Waals surface area contributed by atoms with Crippen molar-refractivity contribution in [1.82, 2.24) is 4.72 Å². The lowest BCUT2D eigenvalue weighted by Gasteiger charge is -2.12. The number of sulfonamides is 1. The van der Waals surface area contributed by atoms with Gasteiger partial charge in [-0.1, -0.05) is 13.3 Å². The highest BCUT2D eigenvalue weighted by Gasteiger charge is 2.17. The maximum atomic E-state index is 12.9. The van der Waals surface area contributed by atoms with Crippen molar-refractivity contribution in [3.05, 3.63) is 29.8 Å². The minimum absolute atomic E-state index is 0.0360. The first-order valence-electron chi connectivity index (χ1n) is 5.56. The number of benzene rings is 1. The first-order chi connectivity index (χ1) is 8.35. The lowest BCUT2D eigenvalue weighted by atomic mass is 10.2. The molecule has 0 bridgehead atoms. The zero-order valence-corrected chi connectivity index (χ0v) is 10.8. The minimum Gasteiger partial charge on any atom is -0.327 e. The molecule has 0 spiro atoms. The van der Waals surface area contributed by atoms with Crippen molar-refractivity contribution in [2.75, 3.05) is 6.54 Å². The molecular weight excluding hydrogens is 262 g/mol. The summed E-state index contributed by atoms with van der Waals surface area (Å²) in [5.41, 5.74) is 5.65. The molecule has 0 heterocycles. The van der Waals surface area contributed by atoms with E-state index >= 15 is 0 Å². The average molecular weight is 278 g/mol. The van der Waals surface area contributed by atoms with E-state index in [1.54, 1.807) is 0 Å². The summed E-state index contributed by atoms with van der Waals surface area (Å²) in [7, 11) is -3.93. The topological polar surface area (TPSA) is 72.2 Å². The van der Waals surface area contributed by atoms with Gasteiger partial charge in [0.15, 0.2) is 0 Å². The van der Waals surface area contributed by atoms with Gasteiger partial charge in [0, 0.05) is 18.7 Å². The summed E-state index contributed by atoms with van der Waals surface area (Å²) in [5, 5.41) is 0. The second-order valence-corrected chi connectivity index (χ2v) is 5.77. The molecule has 102 valence electrons. The number of rotatable bonds is 6. The van der Waals surface area contributed by atoms with Crippen molar-refractivity contribution in [1.29, 1.82) is 0 Å². The second kappa shape index (κ2) is 6.21. The van der Waals surface area contributed by atoms with Crippen LogP contribution < -0.4 is 10.5 Å². The molecule has 0 aliphatic rings. The molecule has 4 nitrogen and oxygen atoms in total. The predicted molar refractivity (Wildman–Crippen MR) is 64.4 cm³/mol. The third kappa shape index (κ3) is 4.32. The maximum absolute atomic E-state index is 12.9. The highest BCUT2D eigenvalue weighted by molar-refractivity contribution is 7.89. The van der Waals surface area contributed by atoms with Crippen molar-refractivity contribution in [2.45, 2.75) is 30.7 Å². The highest BCUT2D eigenvalue weighted by atomic mass is 32.2. The fourth-order valence-corrected chi connectivity index (χ4v) is 2.59. The number of hydrogen-bond donors (Lipinski definition) is 2. The van der Waals surface area contributed by atoms with Crippen LogP contribution in [-0.4, -0.2) is 21.0 Å². The molecule has 3 N–H and O–H groups in total. The molecule has 1 rings (SSSR count). The fraction of sp³-hybridized carbons (Fsp3) is 0.455. The van der Waals surface area contributed by atoms with Crippen molar-refractivity contribution in [2.24, 2.45) is 5.73 Å². The van der Waals surface area contributed by atoms with Gasteiger partial charge in [0.05, 0.1) is 4.90 Å². The zero-order chi connectivity index (χ0) is 13.8. The number of nitrogens with two attached hydrogens (primary N) is 1. The Morgan fingerprint density at radius 1 is 1.28 bits per heavy atom. The lowest BCUT2D eigenvalue weighted by Crippen LogP contribution is -2.37. The van der Waals surface area contributed by atoms with Gasteiger partial charge in [-0.2, -0.15) is 0 Å². The summed E-state index contributed by atoms with van der Waals surface area (Å²) < 4.78 is 51.6. The first kappa shape index (κ1) is 15.0. The van der Waals surface area contributed by atoms with Gasteiger partial charge < -0.3 is 5.73 Å². The molecule has 0 unspecified atom stereocenters. The van der Waals surface area contributed by atoms with E-state index < -0.39 is 26.6 Å². The van der Waals surface area contributed by atoms with Gasteiger partial charge in [-0.05, 0) is 18.6 Å². The maximum Gasteiger partial charge on any atom is 0.240 e. The number of halogens is 2. The van der Waals surface area contributed by atoms with Crippen molar-refractivity contribution in [3.63, 3.8) is 0 Å². The molecule has 1 atom stereocenters. The van der Waals surface area contributed by atoms with E-state index in [2.05, 4.69) is 4.72 Å². The SMILES string of the molecule is CCC[C@@H](N)CNS(=O)(=O)c1cc(F)cc(F)c1. The van der Waals surface area contributed by atoms with E-state index in [1.165, 1.54) is 0 Å². The van der Waals surface area contributed by atoms with Crippen LogP contribution in [0.15, 0.2) is 23.1 Å². The summed E-state index contributed by atoms with van der Waals surface area (Å²) in [6.07, 6.45) is 1.50. The molecule has 0 fully saturated rings. The monoisotopic (exact) mass is 278 g/mol. The summed E-state index contributed by atoms with van der Waals surface area (Å²) in [4.78, 5) is -0.441. The standard InChI is InChI=1S/C11H16F2N2O2S/c1-2-3-10(14)7-15-18(16,17)11-5-8(12)4-9(13)6-11/h4-6,10,15H,2-3,7,14H2,1H3/t10-/m1/s1. The van der Waals surface area contributed by atoms with Gasteiger partial charge in [0.25, 0.3) is 0 Å². The quantitative estimate of drug-likeness (QED) is 0.825. The lowest BCUT2D eigenvalue weighted by molar-refractivity contribution is 0.545. The Balaban J connectivity index is 2.80. The fourth-order valence-electron chi connectivity index (χ4n) is 1.46. The summed E-state index contributed by atoms with van der Waals surface area (Å²) in [5.74, 6) is -1.87. The Labute approximate surface area is 105 Å². The summed E-state index contributed by atoms with van der Waals surface area (Å²) in [6.45, 7) is 1.96. The molecule has 1 aromatic rings. The summed E-state index contributed by atoms with van der Waals surface area (Å²) >= 11 is 0. The number of nitrogens with one attached hydrogen (secondary N) is 1. The van der Waals surface area contributed by atoms with Crippen LogP contribution >= 0.6 is 0 Å². The molecule has 0 radical (unpaired) electrons. The molecule has 1 aromatic carbocycles. The van der Waals surface area contributed by atoms with E-state index in [4.69, 9.17) is 5.73 Å². The van der Waals surface area contributed by atoms with Crippen LogP contribution in [0.25, 0.3) is 0 Å². The molecule has 18 heavy (non-hydrogen) atoms. The Hall–Kier alpha value is -1.05. The van der Waals surface area contributed by atoms with Gasteiger partial charge in [-0.15, -0.1) is 0 Å². The molecule has 0 saturated carbocycles. The van der Waals surface area contributed by atoms with E-state index in [0.29, 0.717) is 12.5 Å². The normalized spacial score (nSPS) is 13.6. The van der Waals surface area contributed by atoms with Crippen LogP contribution in [0.3, 0.4) is 0 Å². The second-order valence-electron chi connectivity index (χ2n) is 4.01. The van der Waals surface area contributed by atoms with E-state index in [-0.39, 0.29) is 12.6 Å². The van der Waals surface area contributed by atoms with Crippen LogP contribution in [0.5, 0.6) is 0 Å². The molecular formula is C11H16F2N2O2S. The van der Waals surface area contributed by atoms with Gasteiger partial charge in [-0.25, -0.2) is 21.9 Å². The third-order valence-corrected chi connectivity index (χ3v) is 3.74. The van der Waals surface area contributed by atoms with E-state index in [0.717, 1.165) is 18.6 Å². The predicted octanol–water partition coefficient (Wildman–Crippen LogP) is 1.37. The van der Waals surface area contributed by atoms with Gasteiger partial charge in [0.1, 0.15) is 11.6 Å². The Kier molecular flexibility index (Phi) is 5.18. The van der Waals surface area contributed by atoms with Crippen molar-refractivity contribution >= 4 is 10.0 Å². The van der Waals surface area contributed by atoms with Gasteiger partial charge in [-0.3, -0.25) is 0 Å². The molecule has 7 heteroatoms. The van der Waals surface area contributed by atoms with Crippen molar-refractivity contribution in [3.8, 4) is 0 Å². The highest BCUT2D eigenvalue weighted by Crippen LogP contribution is 2.13. The average Bonchev–Trinajstić information content (AvgIpc) is 2.26. The van der Waals surface area contributed by atoms with Crippen LogP contribution in [-0.2, 0) is 10.0 Å². The molecule has 0 aromatic heterocycles. The van der Waals surface area contributed by atoms with Crippen LogP contribution in [0.2, 0.25) is 0 Å². The van der Waals surface area contributed by atoms with E-state index in [9.17, 15) is 17.2 Å². The minimum atomic E-state index is -3.93. The summed E-state index contributed by atoms with van der Waals surface area (Å²) in [6, 6.07) is 1.82. The Bertz CT molecular complexity index is 486. The van der Waals surface area contributed by atoms with Crippen LogP contribution in [0.4, 0.5) is 8.78 Å². The zero-order valence-electron chi connectivity index (χ0n) is 9.99. The first-order valence-corrected chi connectivity index (χ1v) is 7.05. The third-order valence-electron chi connectivity index (χ3n) is 2.34. The smallest absolute Gasteiger partial charge is 0.240 e. The molecule has 0 amide bonds. The Morgan fingerprint density at radius 2 is 1.83 bits per heavy atom. The molecule has 0 aliphatic carbocycles.